The summed E-state index contributed by atoms with van der Waals surface area (Å²) in [4.78, 5) is 45.5. The molecule has 1 aliphatic heterocycles. The number of amides is 2. The van der Waals surface area contributed by atoms with Crippen LogP contribution in [0.5, 0.6) is 0 Å². The molecule has 2 heterocycles. The molecular formula is C30H31F4N3O3. The maximum Gasteiger partial charge on any atom is 0.416 e. The number of benzene rings is 1. The average Bonchev–Trinajstić information content (AvgIpc) is 2.91. The molecule has 10 heteroatoms. The summed E-state index contributed by atoms with van der Waals surface area (Å²) in [6.45, 7) is 7.05. The van der Waals surface area contributed by atoms with Crippen LogP contribution in [-0.4, -0.2) is 40.1 Å². The zero-order valence-electron chi connectivity index (χ0n) is 22.8. The van der Waals surface area contributed by atoms with E-state index >= 15 is 0 Å². The molecule has 2 aromatic rings. The molecule has 1 atom stereocenters. The van der Waals surface area contributed by atoms with E-state index in [1.165, 1.54) is 35.4 Å². The largest absolute Gasteiger partial charge is 0.416 e. The number of aryl methyl sites for hydroxylation is 1. The van der Waals surface area contributed by atoms with Crippen LogP contribution in [-0.2, 0) is 33.5 Å². The third-order valence-corrected chi connectivity index (χ3v) is 6.41. The molecule has 0 spiro atoms. The number of aromatic nitrogens is 1. The van der Waals surface area contributed by atoms with Gasteiger partial charge in [0.25, 0.3) is 5.91 Å². The normalized spacial score (nSPS) is 17.2. The lowest BCUT2D eigenvalue weighted by Crippen LogP contribution is -2.61. The van der Waals surface area contributed by atoms with Crippen molar-refractivity contribution in [1.82, 2.24) is 9.88 Å². The Morgan fingerprint density at radius 2 is 1.77 bits per heavy atom. The zero-order chi connectivity index (χ0) is 29.6. The molecule has 2 aliphatic rings. The molecule has 40 heavy (non-hydrogen) atoms. The first-order valence-corrected chi connectivity index (χ1v) is 13.1. The molecule has 1 unspecified atom stereocenters. The van der Waals surface area contributed by atoms with Gasteiger partial charge < -0.3 is 4.90 Å². The fraction of sp³-hybridized carbons (Fsp3) is 0.367. The molecule has 212 valence electrons. The van der Waals surface area contributed by atoms with Crippen molar-refractivity contribution in [3.63, 3.8) is 0 Å². The summed E-state index contributed by atoms with van der Waals surface area (Å²) in [6, 6.07) is 4.33. The Morgan fingerprint density at radius 1 is 1.12 bits per heavy atom. The second-order valence-electron chi connectivity index (χ2n) is 9.03. The van der Waals surface area contributed by atoms with Gasteiger partial charge in [0.2, 0.25) is 5.91 Å². The summed E-state index contributed by atoms with van der Waals surface area (Å²) in [5, 5.41) is 0. The molecule has 1 saturated heterocycles. The van der Waals surface area contributed by atoms with Gasteiger partial charge in [-0.2, -0.15) is 13.2 Å². The van der Waals surface area contributed by atoms with Gasteiger partial charge in [-0.1, -0.05) is 45.9 Å². The average molecular weight is 558 g/mol. The van der Waals surface area contributed by atoms with Gasteiger partial charge in [-0.25, -0.2) is 9.37 Å². The molecule has 0 saturated carbocycles. The van der Waals surface area contributed by atoms with E-state index in [1.54, 1.807) is 6.08 Å². The predicted octanol–water partition coefficient (Wildman–Crippen LogP) is 5.96. The van der Waals surface area contributed by atoms with Crippen molar-refractivity contribution in [2.24, 2.45) is 0 Å². The van der Waals surface area contributed by atoms with Crippen LogP contribution in [0.1, 0.15) is 57.2 Å². The monoisotopic (exact) mass is 557 g/mol. The lowest BCUT2D eigenvalue weighted by molar-refractivity contribution is -0.142. The van der Waals surface area contributed by atoms with E-state index in [-0.39, 0.29) is 24.6 Å². The van der Waals surface area contributed by atoms with Crippen molar-refractivity contribution >= 4 is 23.4 Å². The van der Waals surface area contributed by atoms with E-state index in [4.69, 9.17) is 0 Å². The van der Waals surface area contributed by atoms with Crippen LogP contribution in [0.15, 0.2) is 65.6 Å². The number of carbonyl (C=O) groups is 3. The van der Waals surface area contributed by atoms with E-state index in [0.717, 1.165) is 17.0 Å². The van der Waals surface area contributed by atoms with Crippen LogP contribution in [0.3, 0.4) is 0 Å². The maximum absolute atomic E-state index is 14.9. The first-order chi connectivity index (χ1) is 19.0. The summed E-state index contributed by atoms with van der Waals surface area (Å²) in [5.74, 6) is -2.48. The van der Waals surface area contributed by atoms with Gasteiger partial charge in [0, 0.05) is 30.3 Å². The van der Waals surface area contributed by atoms with Crippen molar-refractivity contribution in [1.29, 1.82) is 0 Å². The number of rotatable bonds is 8. The van der Waals surface area contributed by atoms with Crippen molar-refractivity contribution < 1.29 is 31.9 Å². The molecule has 1 aromatic carbocycles. The molecule has 1 aromatic heterocycles. The van der Waals surface area contributed by atoms with Gasteiger partial charge in [-0.3, -0.25) is 19.3 Å². The minimum atomic E-state index is -4.51. The van der Waals surface area contributed by atoms with E-state index < -0.39 is 42.0 Å². The van der Waals surface area contributed by atoms with Gasteiger partial charge in [0.05, 0.1) is 5.56 Å². The number of anilines is 1. The van der Waals surface area contributed by atoms with Crippen LogP contribution in [0, 0.1) is 5.82 Å². The number of piperazine rings is 1. The van der Waals surface area contributed by atoms with Crippen LogP contribution < -0.4 is 4.90 Å². The Hall–Kier alpha value is -4.04. The molecule has 0 radical (unpaired) electrons. The Kier molecular flexibility index (Phi) is 9.82. The number of carbonyl (C=O) groups excluding carboxylic acids is 3. The molecule has 0 N–H and O–H groups in total. The number of nitrogens with zero attached hydrogens (tertiary/aromatic N) is 3. The number of alkyl halides is 3. The molecule has 1 aliphatic carbocycles. The highest BCUT2D eigenvalue weighted by Gasteiger charge is 2.45. The van der Waals surface area contributed by atoms with Crippen LogP contribution in [0.2, 0.25) is 0 Å². The Balaban J connectivity index is 0.00000216. The Labute approximate surface area is 230 Å². The number of allylic oxidation sites excluding steroid dienone is 2. The standard InChI is InChI=1S/C28H25F4N3O3.C2H6/c1-3-5-6-23(36)19-12-20(13-19)25-27(38)35(26-22(29)11-17(4-2)14-33-26)16-24(37)34(25)15-18-7-9-21(10-8-18)28(30,31)32;1-2/h5-11,14,25H,3-4,12,15-16H2,1-2H3;1-2H3/b6-5-;. The molecular weight excluding hydrogens is 526 g/mol. The fourth-order valence-corrected chi connectivity index (χ4v) is 4.29. The quantitative estimate of drug-likeness (QED) is 0.228. The summed E-state index contributed by atoms with van der Waals surface area (Å²) in [5.41, 5.74) is 3.75. The number of pyridine rings is 1. The number of halogens is 4. The minimum absolute atomic E-state index is 0.0958. The summed E-state index contributed by atoms with van der Waals surface area (Å²) >= 11 is 0. The van der Waals surface area contributed by atoms with E-state index in [9.17, 15) is 31.9 Å². The van der Waals surface area contributed by atoms with Gasteiger partial charge in [-0.15, -0.1) is 5.73 Å². The Morgan fingerprint density at radius 3 is 2.33 bits per heavy atom. The number of hydrogen-bond acceptors (Lipinski definition) is 4. The van der Waals surface area contributed by atoms with Gasteiger partial charge in [0.15, 0.2) is 17.4 Å². The summed E-state index contributed by atoms with van der Waals surface area (Å²) < 4.78 is 53.8. The fourth-order valence-electron chi connectivity index (χ4n) is 4.29. The van der Waals surface area contributed by atoms with E-state index in [0.29, 0.717) is 35.1 Å². The predicted molar refractivity (Wildman–Crippen MR) is 143 cm³/mol. The number of hydrogen-bond donors (Lipinski definition) is 0. The highest BCUT2D eigenvalue weighted by molar-refractivity contribution is 6.10. The van der Waals surface area contributed by atoms with E-state index in [1.807, 2.05) is 27.7 Å². The van der Waals surface area contributed by atoms with Crippen molar-refractivity contribution in [3.8, 4) is 0 Å². The van der Waals surface area contributed by atoms with Gasteiger partial charge in [-0.05, 0) is 48.2 Å². The van der Waals surface area contributed by atoms with Crippen molar-refractivity contribution in [2.75, 3.05) is 11.4 Å². The Bertz CT molecular complexity index is 1370. The lowest BCUT2D eigenvalue weighted by atomic mass is 9.86. The minimum Gasteiger partial charge on any atom is -0.320 e. The second kappa shape index (κ2) is 12.9. The highest BCUT2D eigenvalue weighted by Crippen LogP contribution is 2.34. The van der Waals surface area contributed by atoms with Crippen LogP contribution in [0.25, 0.3) is 0 Å². The van der Waals surface area contributed by atoms with Gasteiger partial charge in [0.1, 0.15) is 12.6 Å². The molecule has 2 amide bonds. The molecule has 6 nitrogen and oxygen atoms in total. The maximum atomic E-state index is 14.9. The van der Waals surface area contributed by atoms with Crippen LogP contribution in [0.4, 0.5) is 23.4 Å². The third-order valence-electron chi connectivity index (χ3n) is 6.41. The second-order valence-corrected chi connectivity index (χ2v) is 9.03. The first kappa shape index (κ1) is 30.5. The molecule has 4 rings (SSSR count). The summed E-state index contributed by atoms with van der Waals surface area (Å²) in [7, 11) is 0. The molecule has 1 fully saturated rings. The third kappa shape index (κ3) is 6.57. The first-order valence-electron chi connectivity index (χ1n) is 13.1. The highest BCUT2D eigenvalue weighted by atomic mass is 19.4. The van der Waals surface area contributed by atoms with E-state index in [2.05, 4.69) is 10.7 Å². The van der Waals surface area contributed by atoms with Crippen LogP contribution >= 0.6 is 0 Å². The van der Waals surface area contributed by atoms with Crippen molar-refractivity contribution in [3.05, 3.63) is 88.1 Å². The number of ketones is 1. The summed E-state index contributed by atoms with van der Waals surface area (Å²) in [6.07, 6.45) is 1.31. The lowest BCUT2D eigenvalue weighted by Gasteiger charge is -2.41. The smallest absolute Gasteiger partial charge is 0.320 e. The van der Waals surface area contributed by atoms with Crippen molar-refractivity contribution in [2.45, 2.75) is 65.7 Å². The topological polar surface area (TPSA) is 70.6 Å². The van der Waals surface area contributed by atoms with Gasteiger partial charge >= 0.3 is 6.18 Å². The SMILES string of the molecule is CC.CC/C=C\C(=O)C1=C=C(C2C(=O)N(c3ncc(CC)cc3F)CC(=O)N2Cc2ccc(C(F)(F)F)cc2)C1. The zero-order valence-corrected chi connectivity index (χ0v) is 22.8. The molecule has 0 bridgehead atoms.